The minimum atomic E-state index is -4.46. The number of carbonyl (C=O) groups excluding carboxylic acids is 1. The van der Waals surface area contributed by atoms with E-state index in [4.69, 9.17) is 10.00 Å². The van der Waals surface area contributed by atoms with E-state index in [2.05, 4.69) is 16.4 Å². The first kappa shape index (κ1) is 23.2. The second kappa shape index (κ2) is 10.7. The fourth-order valence-corrected chi connectivity index (χ4v) is 3.54. The Morgan fingerprint density at radius 3 is 2.50 bits per heavy atom. The highest BCUT2D eigenvalue weighted by atomic mass is 32.2. The predicted molar refractivity (Wildman–Crippen MR) is 115 cm³/mol. The second-order valence-corrected chi connectivity index (χ2v) is 7.69. The van der Waals surface area contributed by atoms with Crippen LogP contribution in [0.15, 0.2) is 66.9 Å². The van der Waals surface area contributed by atoms with Crippen LogP contribution in [0.25, 0.3) is 0 Å². The Kier molecular flexibility index (Phi) is 7.73. The number of nitrogens with one attached hydrogen (secondary N) is 1. The minimum Gasteiger partial charge on any atom is -0.439 e. The molecule has 0 radical (unpaired) electrons. The van der Waals surface area contributed by atoms with Crippen molar-refractivity contribution in [1.29, 1.82) is 5.26 Å². The standard InChI is InChI=1S/C23H18F3N3O2S/c24-23(25,26)19-7-10-21(29-14-19)31-20-8-5-16(6-9-20)22(30)28-11-12-32-15-18-4-2-1-3-17(18)13-27/h1-10,14H,11-12,15H2,(H,28,30). The number of alkyl halides is 3. The fraction of sp³-hybridized carbons (Fsp3) is 0.174. The minimum absolute atomic E-state index is 0.0187. The number of aromatic nitrogens is 1. The molecule has 0 aliphatic rings. The van der Waals surface area contributed by atoms with Crippen molar-refractivity contribution in [3.63, 3.8) is 0 Å². The molecule has 3 rings (SSSR count). The molecule has 0 aliphatic heterocycles. The average molecular weight is 457 g/mol. The molecule has 0 fully saturated rings. The number of benzene rings is 2. The number of carbonyl (C=O) groups is 1. The molecule has 1 amide bonds. The Labute approximate surface area is 187 Å². The molecule has 9 heteroatoms. The molecular weight excluding hydrogens is 439 g/mol. The number of rotatable bonds is 8. The Hall–Kier alpha value is -3.51. The molecule has 0 spiro atoms. The molecule has 1 aromatic heterocycles. The fourth-order valence-electron chi connectivity index (χ4n) is 2.68. The molecule has 0 unspecified atom stereocenters. The molecule has 164 valence electrons. The van der Waals surface area contributed by atoms with Crippen LogP contribution in [0.1, 0.15) is 27.0 Å². The topological polar surface area (TPSA) is 75.0 Å². The van der Waals surface area contributed by atoms with Crippen molar-refractivity contribution in [2.45, 2.75) is 11.9 Å². The summed E-state index contributed by atoms with van der Waals surface area (Å²) in [6.45, 7) is 0.464. The Balaban J connectivity index is 1.44. The lowest BCUT2D eigenvalue weighted by Crippen LogP contribution is -2.25. The summed E-state index contributed by atoms with van der Waals surface area (Å²) in [4.78, 5) is 15.9. The van der Waals surface area contributed by atoms with Crippen LogP contribution in [0.2, 0.25) is 0 Å². The van der Waals surface area contributed by atoms with Crippen molar-refractivity contribution in [3.05, 3.63) is 89.1 Å². The summed E-state index contributed by atoms with van der Waals surface area (Å²) in [6.07, 6.45) is -3.76. The zero-order valence-corrected chi connectivity index (χ0v) is 17.5. The van der Waals surface area contributed by atoms with E-state index in [9.17, 15) is 18.0 Å². The van der Waals surface area contributed by atoms with Crippen molar-refractivity contribution in [2.75, 3.05) is 12.3 Å². The summed E-state index contributed by atoms with van der Waals surface area (Å²) in [5, 5.41) is 11.9. The quantitative estimate of drug-likeness (QED) is 0.457. The van der Waals surface area contributed by atoms with Crippen molar-refractivity contribution in [1.82, 2.24) is 10.3 Å². The normalized spacial score (nSPS) is 10.9. The molecule has 2 aromatic carbocycles. The zero-order chi connectivity index (χ0) is 23.0. The molecule has 3 aromatic rings. The molecule has 1 heterocycles. The van der Waals surface area contributed by atoms with Gasteiger partial charge in [0.15, 0.2) is 0 Å². The third-order valence-electron chi connectivity index (χ3n) is 4.33. The summed E-state index contributed by atoms with van der Waals surface area (Å²) in [6, 6.07) is 17.8. The van der Waals surface area contributed by atoms with Crippen molar-refractivity contribution < 1.29 is 22.7 Å². The van der Waals surface area contributed by atoms with Gasteiger partial charge in [-0.15, -0.1) is 0 Å². The highest BCUT2D eigenvalue weighted by Crippen LogP contribution is 2.30. The van der Waals surface area contributed by atoms with Crippen molar-refractivity contribution in [3.8, 4) is 17.7 Å². The Morgan fingerprint density at radius 2 is 1.84 bits per heavy atom. The van der Waals surface area contributed by atoms with Crippen LogP contribution in [0.4, 0.5) is 13.2 Å². The summed E-state index contributed by atoms with van der Waals surface area (Å²) in [5.74, 6) is 1.49. The third kappa shape index (κ3) is 6.49. The molecule has 0 saturated carbocycles. The van der Waals surface area contributed by atoms with Crippen LogP contribution in [0, 0.1) is 11.3 Å². The molecule has 0 saturated heterocycles. The molecule has 1 N–H and O–H groups in total. The zero-order valence-electron chi connectivity index (χ0n) is 16.7. The third-order valence-corrected chi connectivity index (χ3v) is 5.34. The number of nitriles is 1. The summed E-state index contributed by atoms with van der Waals surface area (Å²) in [5.41, 5.74) is 1.18. The van der Waals surface area contributed by atoms with Crippen molar-refractivity contribution >= 4 is 17.7 Å². The van der Waals surface area contributed by atoms with Gasteiger partial charge in [-0.1, -0.05) is 18.2 Å². The highest BCUT2D eigenvalue weighted by Gasteiger charge is 2.30. The highest BCUT2D eigenvalue weighted by molar-refractivity contribution is 7.98. The molecule has 0 atom stereocenters. The van der Waals surface area contributed by atoms with Gasteiger partial charge in [0.1, 0.15) is 5.75 Å². The summed E-state index contributed by atoms with van der Waals surface area (Å²) >= 11 is 1.62. The first-order valence-electron chi connectivity index (χ1n) is 9.52. The summed E-state index contributed by atoms with van der Waals surface area (Å²) < 4.78 is 43.1. The maximum Gasteiger partial charge on any atom is 0.417 e. The molecule has 0 aliphatic carbocycles. The van der Waals surface area contributed by atoms with Gasteiger partial charge in [-0.2, -0.15) is 30.2 Å². The van der Waals surface area contributed by atoms with Gasteiger partial charge < -0.3 is 10.1 Å². The van der Waals surface area contributed by atoms with Gasteiger partial charge in [0.25, 0.3) is 5.91 Å². The average Bonchev–Trinajstić information content (AvgIpc) is 2.79. The SMILES string of the molecule is N#Cc1ccccc1CSCCNC(=O)c1ccc(Oc2ccc(C(F)(F)F)cn2)cc1. The lowest BCUT2D eigenvalue weighted by molar-refractivity contribution is -0.137. The van der Waals surface area contributed by atoms with E-state index in [-0.39, 0.29) is 11.8 Å². The van der Waals surface area contributed by atoms with Crippen LogP contribution in [0.3, 0.4) is 0 Å². The number of amides is 1. The number of thioether (sulfide) groups is 1. The Morgan fingerprint density at radius 1 is 1.09 bits per heavy atom. The number of hydrogen-bond donors (Lipinski definition) is 1. The van der Waals surface area contributed by atoms with E-state index in [1.165, 1.54) is 0 Å². The number of pyridine rings is 1. The van der Waals surface area contributed by atoms with Crippen LogP contribution >= 0.6 is 11.8 Å². The predicted octanol–water partition coefficient (Wildman–Crippen LogP) is 5.43. The van der Waals surface area contributed by atoms with E-state index in [1.807, 2.05) is 18.2 Å². The smallest absolute Gasteiger partial charge is 0.417 e. The lowest BCUT2D eigenvalue weighted by Gasteiger charge is -2.09. The van der Waals surface area contributed by atoms with Gasteiger partial charge >= 0.3 is 6.18 Å². The van der Waals surface area contributed by atoms with E-state index < -0.39 is 11.7 Å². The molecule has 32 heavy (non-hydrogen) atoms. The van der Waals surface area contributed by atoms with Crippen molar-refractivity contribution in [2.24, 2.45) is 0 Å². The monoisotopic (exact) mass is 457 g/mol. The van der Waals surface area contributed by atoms with Gasteiger partial charge in [-0.3, -0.25) is 4.79 Å². The Bertz CT molecular complexity index is 1100. The van der Waals surface area contributed by atoms with Crippen LogP contribution < -0.4 is 10.1 Å². The van der Waals surface area contributed by atoms with Crippen LogP contribution in [-0.2, 0) is 11.9 Å². The second-order valence-electron chi connectivity index (χ2n) is 6.59. The number of halogens is 3. The molecular formula is C23H18F3N3O2S. The largest absolute Gasteiger partial charge is 0.439 e. The number of hydrogen-bond acceptors (Lipinski definition) is 5. The maximum absolute atomic E-state index is 12.6. The first-order valence-corrected chi connectivity index (χ1v) is 10.7. The van der Waals surface area contributed by atoms with Crippen LogP contribution in [0.5, 0.6) is 11.6 Å². The van der Waals surface area contributed by atoms with E-state index >= 15 is 0 Å². The van der Waals surface area contributed by atoms with E-state index in [0.717, 1.165) is 17.7 Å². The first-order chi connectivity index (χ1) is 15.4. The van der Waals surface area contributed by atoms with Gasteiger partial charge in [-0.25, -0.2) is 4.98 Å². The summed E-state index contributed by atoms with van der Waals surface area (Å²) in [7, 11) is 0. The molecule has 5 nitrogen and oxygen atoms in total. The lowest BCUT2D eigenvalue weighted by atomic mass is 10.1. The van der Waals surface area contributed by atoms with Gasteiger partial charge in [-0.05, 0) is 42.0 Å². The van der Waals surface area contributed by atoms with Crippen LogP contribution in [-0.4, -0.2) is 23.2 Å². The maximum atomic E-state index is 12.6. The molecule has 0 bridgehead atoms. The van der Waals surface area contributed by atoms with Gasteiger partial charge in [0.05, 0.1) is 17.2 Å². The number of ether oxygens (including phenoxy) is 1. The van der Waals surface area contributed by atoms with E-state index in [1.54, 1.807) is 42.1 Å². The van der Waals surface area contributed by atoms with Gasteiger partial charge in [0.2, 0.25) is 5.88 Å². The van der Waals surface area contributed by atoms with E-state index in [0.29, 0.717) is 41.1 Å². The number of nitrogens with zero attached hydrogens (tertiary/aromatic N) is 2. The van der Waals surface area contributed by atoms with Gasteiger partial charge in [0, 0.05) is 35.9 Å².